The molecule has 0 aliphatic rings. The second-order valence-electron chi connectivity index (χ2n) is 15.1. The van der Waals surface area contributed by atoms with Crippen molar-refractivity contribution in [1.29, 1.82) is 0 Å². The average molecular weight is 857 g/mol. The van der Waals surface area contributed by atoms with Crippen molar-refractivity contribution in [2.45, 2.75) is 103 Å². The number of unbranched alkanes of at least 4 members (excludes halogenated alkanes) is 1. The number of nitrogens with two attached hydrogens (primary N) is 1. The molecule has 334 valence electrons. The molecule has 0 spiro atoms. The van der Waals surface area contributed by atoms with Gasteiger partial charge in [-0.15, -0.1) is 0 Å². The smallest absolute Gasteiger partial charge is 0.326 e. The van der Waals surface area contributed by atoms with Crippen LogP contribution in [0.2, 0.25) is 0 Å². The number of aliphatic hydroxyl groups excluding tert-OH is 1. The van der Waals surface area contributed by atoms with Gasteiger partial charge >= 0.3 is 17.9 Å². The lowest BCUT2D eigenvalue weighted by Gasteiger charge is -2.34. The molecule has 0 saturated heterocycles. The molecule has 0 aliphatic carbocycles. The molecule has 0 aromatic carbocycles. The Kier molecular flexibility index (Phi) is 24.4. The Morgan fingerprint density at radius 2 is 1.24 bits per heavy atom. The van der Waals surface area contributed by atoms with Crippen LogP contribution in [0.4, 0.5) is 0 Å². The van der Waals surface area contributed by atoms with Crippen LogP contribution in [0, 0.1) is 10.8 Å². The Labute approximate surface area is 336 Å². The number of hydrogen-bond acceptors (Lipinski definition) is 14. The number of rotatable bonds is 32. The summed E-state index contributed by atoms with van der Waals surface area (Å²) in [7, 11) is -4.85. The summed E-state index contributed by atoms with van der Waals surface area (Å²) in [6.07, 6.45) is -0.198. The summed E-state index contributed by atoms with van der Waals surface area (Å²) in [4.78, 5) is 96.2. The quantitative estimate of drug-likeness (QED) is 0.0243. The number of carboxylic acid groups (broad SMARTS) is 3. The van der Waals surface area contributed by atoms with Crippen molar-refractivity contribution in [3.05, 3.63) is 0 Å². The maximum atomic E-state index is 12.9. The summed E-state index contributed by atoms with van der Waals surface area (Å²) in [6, 6.07) is -5.84. The highest BCUT2D eigenvalue weighted by Crippen LogP contribution is 2.38. The van der Waals surface area contributed by atoms with Gasteiger partial charge in [0, 0.05) is 25.9 Å². The Balaban J connectivity index is 4.69. The summed E-state index contributed by atoms with van der Waals surface area (Å²) in [6.45, 7) is 5.86. The monoisotopic (exact) mass is 856 g/mol. The highest BCUT2D eigenvalue weighted by atomic mass is 32.2. The van der Waals surface area contributed by atoms with Crippen molar-refractivity contribution >= 4 is 57.6 Å². The molecule has 4 atom stereocenters. The van der Waals surface area contributed by atoms with Gasteiger partial charge < -0.3 is 62.2 Å². The van der Waals surface area contributed by atoms with Crippen molar-refractivity contribution in [3.63, 3.8) is 0 Å². The topological polar surface area (TPSA) is 376 Å². The Morgan fingerprint density at radius 1 is 0.672 bits per heavy atom. The van der Waals surface area contributed by atoms with E-state index >= 15 is 0 Å². The first-order valence-corrected chi connectivity index (χ1v) is 20.0. The van der Waals surface area contributed by atoms with Crippen LogP contribution in [0.15, 0.2) is 0 Å². The lowest BCUT2D eigenvalue weighted by atomic mass is 9.72. The zero-order valence-electron chi connectivity index (χ0n) is 33.2. The third-order valence-corrected chi connectivity index (χ3v) is 8.84. The molecule has 0 aromatic rings. The summed E-state index contributed by atoms with van der Waals surface area (Å²) in [5, 5.41) is 48.5. The maximum absolute atomic E-state index is 12.9. The molecule has 0 fully saturated rings. The number of hydrogen-bond donors (Lipinski definition) is 11. The molecule has 0 heterocycles. The molecule has 23 nitrogen and oxygen atoms in total. The van der Waals surface area contributed by atoms with E-state index in [9.17, 15) is 61.5 Å². The van der Waals surface area contributed by atoms with E-state index in [2.05, 4.69) is 26.6 Å². The second-order valence-corrected chi connectivity index (χ2v) is 16.6. The zero-order chi connectivity index (χ0) is 44.7. The Bertz CT molecular complexity index is 1510. The molecule has 0 bridgehead atoms. The standard InChI is InChI=1S/C34H60N6O17S/c1-33(2,20-34(3,4)16-28(45)46)15-26(43)39-24(19-58(53,54)55)30(48)40-23(32(51)52)8-9-25(42)36-11-12-56-13-14-57-18-27(44)38-22(31(49)50)7-5-6-10-37-29(47)21(35)17-41/h21-24,41H,5-20,35H2,1-4H3,(H,36,42)(H,37,47)(H,38,44)(H,39,43)(H,40,48)(H,45,46)(H,49,50)(H,51,52)(H,53,54,55). The fourth-order valence-electron chi connectivity index (χ4n) is 5.84. The fourth-order valence-corrected chi connectivity index (χ4v) is 6.49. The van der Waals surface area contributed by atoms with Crippen LogP contribution in [-0.2, 0) is 57.9 Å². The minimum Gasteiger partial charge on any atom is -0.481 e. The lowest BCUT2D eigenvalue weighted by Crippen LogP contribution is -2.54. The molecule has 0 aromatic heterocycles. The van der Waals surface area contributed by atoms with Gasteiger partial charge in [0.1, 0.15) is 36.5 Å². The minimum absolute atomic E-state index is 0.00818. The van der Waals surface area contributed by atoms with Crippen LogP contribution in [-0.4, -0.2) is 157 Å². The molecule has 0 saturated carbocycles. The highest BCUT2D eigenvalue weighted by molar-refractivity contribution is 7.85. The van der Waals surface area contributed by atoms with Crippen LogP contribution < -0.4 is 32.3 Å². The van der Waals surface area contributed by atoms with E-state index in [0.717, 1.165) is 0 Å². The molecule has 5 amide bonds. The van der Waals surface area contributed by atoms with Crippen molar-refractivity contribution in [3.8, 4) is 0 Å². The predicted octanol–water partition coefficient (Wildman–Crippen LogP) is -2.66. The number of carbonyl (C=O) groups excluding carboxylic acids is 5. The minimum atomic E-state index is -4.85. The molecule has 12 N–H and O–H groups in total. The normalized spacial score (nSPS) is 13.9. The van der Waals surface area contributed by atoms with E-state index in [0.29, 0.717) is 12.8 Å². The number of ether oxygens (including phenoxy) is 2. The van der Waals surface area contributed by atoms with Crippen LogP contribution >= 0.6 is 0 Å². The second kappa shape index (κ2) is 26.5. The van der Waals surface area contributed by atoms with Crippen LogP contribution in [0.1, 0.15) is 79.1 Å². The first kappa shape index (κ1) is 53.5. The van der Waals surface area contributed by atoms with Crippen LogP contribution in [0.25, 0.3) is 0 Å². The third kappa shape index (κ3) is 26.4. The Morgan fingerprint density at radius 3 is 1.81 bits per heavy atom. The molecule has 4 unspecified atom stereocenters. The van der Waals surface area contributed by atoms with Crippen LogP contribution in [0.5, 0.6) is 0 Å². The molecule has 58 heavy (non-hydrogen) atoms. The van der Waals surface area contributed by atoms with Crippen LogP contribution in [0.3, 0.4) is 0 Å². The number of carboxylic acids is 3. The zero-order valence-corrected chi connectivity index (χ0v) is 34.1. The molecule has 24 heteroatoms. The molecular formula is C34H60N6O17S. The summed E-state index contributed by atoms with van der Waals surface area (Å²) < 4.78 is 43.1. The van der Waals surface area contributed by atoms with Crippen molar-refractivity contribution < 1.29 is 81.2 Å². The predicted molar refractivity (Wildman–Crippen MR) is 202 cm³/mol. The summed E-state index contributed by atoms with van der Waals surface area (Å²) >= 11 is 0. The number of aliphatic carboxylic acids is 3. The van der Waals surface area contributed by atoms with E-state index in [1.165, 1.54) is 0 Å². The first-order chi connectivity index (χ1) is 26.8. The van der Waals surface area contributed by atoms with Gasteiger partial charge in [0.05, 0.1) is 32.8 Å². The Hall–Kier alpha value is -4.49. The van der Waals surface area contributed by atoms with Gasteiger partial charge in [-0.25, -0.2) is 9.59 Å². The number of carbonyl (C=O) groups is 8. The largest absolute Gasteiger partial charge is 0.481 e. The maximum Gasteiger partial charge on any atom is 0.326 e. The van der Waals surface area contributed by atoms with Gasteiger partial charge in [0.15, 0.2) is 0 Å². The van der Waals surface area contributed by atoms with E-state index in [1.54, 1.807) is 27.7 Å². The van der Waals surface area contributed by atoms with Crippen molar-refractivity contribution in [2.75, 3.05) is 51.9 Å². The summed E-state index contributed by atoms with van der Waals surface area (Å²) in [5.41, 5.74) is 3.85. The average Bonchev–Trinajstić information content (AvgIpc) is 3.07. The van der Waals surface area contributed by atoms with Crippen molar-refractivity contribution in [1.82, 2.24) is 26.6 Å². The number of nitrogens with one attached hydrogen (secondary N) is 5. The van der Waals surface area contributed by atoms with E-state index in [4.69, 9.17) is 25.4 Å². The van der Waals surface area contributed by atoms with Gasteiger partial charge in [-0.1, -0.05) is 27.7 Å². The van der Waals surface area contributed by atoms with Gasteiger partial charge in [0.2, 0.25) is 29.5 Å². The third-order valence-electron chi connectivity index (χ3n) is 8.09. The fraction of sp³-hybridized carbons (Fsp3) is 0.765. The van der Waals surface area contributed by atoms with Gasteiger partial charge in [-0.05, 0) is 42.9 Å². The van der Waals surface area contributed by atoms with Gasteiger partial charge in [-0.3, -0.25) is 33.3 Å². The van der Waals surface area contributed by atoms with E-state index in [-0.39, 0.29) is 58.6 Å². The lowest BCUT2D eigenvalue weighted by molar-refractivity contribution is -0.143. The number of amides is 5. The van der Waals surface area contributed by atoms with Gasteiger partial charge in [-0.2, -0.15) is 8.42 Å². The van der Waals surface area contributed by atoms with Gasteiger partial charge in [0.25, 0.3) is 10.1 Å². The molecule has 0 radical (unpaired) electrons. The first-order valence-electron chi connectivity index (χ1n) is 18.4. The van der Waals surface area contributed by atoms with Crippen molar-refractivity contribution in [2.24, 2.45) is 16.6 Å². The highest BCUT2D eigenvalue weighted by Gasteiger charge is 2.35. The van der Waals surface area contributed by atoms with E-state index < -0.39 is 124 Å². The summed E-state index contributed by atoms with van der Waals surface area (Å²) in [5.74, 6) is -9.07. The molecular weight excluding hydrogens is 796 g/mol. The van der Waals surface area contributed by atoms with E-state index in [1.807, 2.05) is 0 Å². The molecule has 0 rings (SSSR count). The SMILES string of the molecule is CC(C)(CC(=O)O)CC(C)(C)CC(=O)NC(CS(=O)(=O)O)C(=O)NC(CCC(=O)NCCOCCOCC(=O)NC(CCCCNC(=O)C(N)CO)C(=O)O)C(=O)O. The number of aliphatic hydroxyl groups is 1. The molecule has 0 aliphatic heterocycles.